The van der Waals surface area contributed by atoms with Crippen molar-refractivity contribution >= 4 is 22.3 Å². The first-order chi connectivity index (χ1) is 10.4. The van der Waals surface area contributed by atoms with Crippen LogP contribution < -0.4 is 5.32 Å². The first-order valence-electron chi connectivity index (χ1n) is 6.73. The van der Waals surface area contributed by atoms with Crippen molar-refractivity contribution in [2.24, 2.45) is 0 Å². The smallest absolute Gasteiger partial charge is 0.355 e. The topological polar surface area (TPSA) is 24.9 Å². The molecule has 0 unspecified atom stereocenters. The number of hydrogen-bond donors (Lipinski definition) is 1. The van der Waals surface area contributed by atoms with Crippen molar-refractivity contribution in [3.8, 4) is 0 Å². The summed E-state index contributed by atoms with van der Waals surface area (Å²) in [5.41, 5.74) is 2.33. The molecule has 0 aliphatic rings. The average molecular weight is 302 g/mol. The Balaban J connectivity index is 2.04. The maximum absolute atomic E-state index is 12.8. The Kier molecular flexibility index (Phi) is 3.48. The summed E-state index contributed by atoms with van der Waals surface area (Å²) in [7, 11) is 0. The Morgan fingerprint density at radius 1 is 1.00 bits per heavy atom. The highest BCUT2D eigenvalue weighted by molar-refractivity contribution is 5.93. The number of rotatable bonds is 2. The van der Waals surface area contributed by atoms with Crippen molar-refractivity contribution in [1.29, 1.82) is 0 Å². The van der Waals surface area contributed by atoms with Crippen molar-refractivity contribution in [1.82, 2.24) is 4.98 Å². The van der Waals surface area contributed by atoms with E-state index in [0.717, 1.165) is 29.1 Å². The van der Waals surface area contributed by atoms with E-state index in [4.69, 9.17) is 0 Å². The number of alkyl halides is 3. The van der Waals surface area contributed by atoms with Crippen molar-refractivity contribution in [2.75, 3.05) is 5.32 Å². The number of anilines is 2. The summed E-state index contributed by atoms with van der Waals surface area (Å²) in [5.74, 6) is 0. The SMILES string of the molecule is Cc1cccc(Nc2ccnc3cc(C(F)(F)F)ccc23)c1. The minimum absolute atomic E-state index is 0.312. The monoisotopic (exact) mass is 302 g/mol. The van der Waals surface area contributed by atoms with Crippen LogP contribution in [0.2, 0.25) is 0 Å². The van der Waals surface area contributed by atoms with Gasteiger partial charge in [0, 0.05) is 23.0 Å². The molecule has 1 aromatic heterocycles. The number of aromatic nitrogens is 1. The van der Waals surface area contributed by atoms with E-state index in [9.17, 15) is 13.2 Å². The van der Waals surface area contributed by atoms with Crippen LogP contribution in [0.25, 0.3) is 10.9 Å². The van der Waals surface area contributed by atoms with Gasteiger partial charge in [-0.15, -0.1) is 0 Å². The molecule has 0 fully saturated rings. The van der Waals surface area contributed by atoms with Crippen LogP contribution in [-0.2, 0) is 6.18 Å². The van der Waals surface area contributed by atoms with Crippen LogP contribution >= 0.6 is 0 Å². The lowest BCUT2D eigenvalue weighted by Crippen LogP contribution is -2.04. The Hall–Kier alpha value is -2.56. The van der Waals surface area contributed by atoms with Crippen LogP contribution in [0.5, 0.6) is 0 Å². The summed E-state index contributed by atoms with van der Waals surface area (Å²) in [6.45, 7) is 1.98. The van der Waals surface area contributed by atoms with Crippen molar-refractivity contribution in [3.05, 3.63) is 65.9 Å². The number of nitrogens with zero attached hydrogens (tertiary/aromatic N) is 1. The molecule has 1 N–H and O–H groups in total. The molecule has 0 aliphatic carbocycles. The third kappa shape index (κ3) is 2.88. The van der Waals surface area contributed by atoms with E-state index in [1.165, 1.54) is 12.3 Å². The molecular formula is C17H13F3N2. The van der Waals surface area contributed by atoms with Gasteiger partial charge in [-0.1, -0.05) is 18.2 Å². The fourth-order valence-electron chi connectivity index (χ4n) is 2.31. The molecule has 0 saturated heterocycles. The molecule has 5 heteroatoms. The number of benzene rings is 2. The molecule has 2 aromatic carbocycles. The molecule has 0 amide bonds. The minimum Gasteiger partial charge on any atom is -0.355 e. The molecule has 0 atom stereocenters. The molecule has 0 saturated carbocycles. The van der Waals surface area contributed by atoms with Crippen molar-refractivity contribution in [2.45, 2.75) is 13.1 Å². The standard InChI is InChI=1S/C17H13F3N2/c1-11-3-2-4-13(9-11)22-15-7-8-21-16-10-12(17(18,19)20)5-6-14(15)16/h2-10H,1H3,(H,21,22). The van der Waals surface area contributed by atoms with Crippen molar-refractivity contribution < 1.29 is 13.2 Å². The van der Waals surface area contributed by atoms with Gasteiger partial charge in [0.25, 0.3) is 0 Å². The van der Waals surface area contributed by atoms with E-state index in [1.807, 2.05) is 31.2 Å². The predicted octanol–water partition coefficient (Wildman–Crippen LogP) is 5.31. The second kappa shape index (κ2) is 5.33. The Morgan fingerprint density at radius 3 is 2.55 bits per heavy atom. The van der Waals surface area contributed by atoms with Gasteiger partial charge in [0.1, 0.15) is 0 Å². The maximum atomic E-state index is 12.8. The highest BCUT2D eigenvalue weighted by Crippen LogP contribution is 2.33. The van der Waals surface area contributed by atoms with Gasteiger partial charge < -0.3 is 5.32 Å². The molecule has 22 heavy (non-hydrogen) atoms. The third-order valence-electron chi connectivity index (χ3n) is 3.37. The highest BCUT2D eigenvalue weighted by atomic mass is 19.4. The molecule has 3 rings (SSSR count). The molecule has 0 spiro atoms. The number of aryl methyl sites for hydroxylation is 1. The number of fused-ring (bicyclic) bond motifs is 1. The van der Waals surface area contributed by atoms with Gasteiger partial charge in [-0.05, 0) is 42.8 Å². The molecule has 2 nitrogen and oxygen atoms in total. The first-order valence-corrected chi connectivity index (χ1v) is 6.73. The molecule has 112 valence electrons. The van der Waals surface area contributed by atoms with E-state index in [-0.39, 0.29) is 0 Å². The van der Waals surface area contributed by atoms with E-state index >= 15 is 0 Å². The average Bonchev–Trinajstić information content (AvgIpc) is 2.46. The number of pyridine rings is 1. The highest BCUT2D eigenvalue weighted by Gasteiger charge is 2.30. The molecule has 1 heterocycles. The summed E-state index contributed by atoms with van der Waals surface area (Å²) in [5, 5.41) is 3.87. The van der Waals surface area contributed by atoms with Crippen LogP contribution in [0.1, 0.15) is 11.1 Å². The van der Waals surface area contributed by atoms with E-state index in [1.54, 1.807) is 6.07 Å². The van der Waals surface area contributed by atoms with Crippen molar-refractivity contribution in [3.63, 3.8) is 0 Å². The molecule has 0 bridgehead atoms. The summed E-state index contributed by atoms with van der Waals surface area (Å²) in [4.78, 5) is 4.04. The molecule has 3 aromatic rings. The maximum Gasteiger partial charge on any atom is 0.416 e. The summed E-state index contributed by atoms with van der Waals surface area (Å²) >= 11 is 0. The number of hydrogen-bond acceptors (Lipinski definition) is 2. The van der Waals surface area contributed by atoms with Gasteiger partial charge in [-0.25, -0.2) is 0 Å². The minimum atomic E-state index is -4.37. The second-order valence-electron chi connectivity index (χ2n) is 5.08. The summed E-state index contributed by atoms with van der Waals surface area (Å²) in [6.07, 6.45) is -2.86. The molecular weight excluding hydrogens is 289 g/mol. The zero-order chi connectivity index (χ0) is 15.7. The lowest BCUT2D eigenvalue weighted by Gasteiger charge is -2.12. The lowest BCUT2D eigenvalue weighted by molar-refractivity contribution is -0.137. The van der Waals surface area contributed by atoms with Gasteiger partial charge >= 0.3 is 6.18 Å². The second-order valence-corrected chi connectivity index (χ2v) is 5.08. The summed E-state index contributed by atoms with van der Waals surface area (Å²) < 4.78 is 38.3. The Morgan fingerprint density at radius 2 is 1.82 bits per heavy atom. The van der Waals surface area contributed by atoms with Gasteiger partial charge in [0.15, 0.2) is 0 Å². The third-order valence-corrected chi connectivity index (χ3v) is 3.37. The molecule has 0 aliphatic heterocycles. The predicted molar refractivity (Wildman–Crippen MR) is 81.2 cm³/mol. The fraction of sp³-hybridized carbons (Fsp3) is 0.118. The van der Waals surface area contributed by atoms with Crippen LogP contribution in [0.4, 0.5) is 24.5 Å². The van der Waals surface area contributed by atoms with Crippen LogP contribution in [0.15, 0.2) is 54.7 Å². The van der Waals surface area contributed by atoms with Gasteiger partial charge in [0.2, 0.25) is 0 Å². The zero-order valence-electron chi connectivity index (χ0n) is 11.8. The normalized spacial score (nSPS) is 11.6. The number of nitrogens with one attached hydrogen (secondary N) is 1. The van der Waals surface area contributed by atoms with Gasteiger partial charge in [0.05, 0.1) is 11.1 Å². The van der Waals surface area contributed by atoms with Gasteiger partial charge in [-0.2, -0.15) is 13.2 Å². The van der Waals surface area contributed by atoms with Crippen LogP contribution in [0.3, 0.4) is 0 Å². The Bertz CT molecular complexity index is 825. The fourth-order valence-corrected chi connectivity index (χ4v) is 2.31. The first kappa shape index (κ1) is 14.4. The van der Waals surface area contributed by atoms with Gasteiger partial charge in [-0.3, -0.25) is 4.98 Å². The van der Waals surface area contributed by atoms with E-state index in [0.29, 0.717) is 10.9 Å². The van der Waals surface area contributed by atoms with E-state index in [2.05, 4.69) is 10.3 Å². The largest absolute Gasteiger partial charge is 0.416 e. The van der Waals surface area contributed by atoms with E-state index < -0.39 is 11.7 Å². The summed E-state index contributed by atoms with van der Waals surface area (Å²) in [6, 6.07) is 13.1. The quantitative estimate of drug-likeness (QED) is 0.694. The molecule has 0 radical (unpaired) electrons. The lowest BCUT2D eigenvalue weighted by atomic mass is 10.1. The number of halogens is 3. The van der Waals surface area contributed by atoms with Crippen LogP contribution in [0, 0.1) is 6.92 Å². The Labute approximate surface area is 125 Å². The van der Waals surface area contributed by atoms with Crippen LogP contribution in [-0.4, -0.2) is 4.98 Å². The zero-order valence-corrected chi connectivity index (χ0v) is 11.8.